The van der Waals surface area contributed by atoms with Gasteiger partial charge in [-0.25, -0.2) is 4.98 Å². The number of nitrogens with one attached hydrogen (secondary N) is 1. The van der Waals surface area contributed by atoms with Gasteiger partial charge in [0.2, 0.25) is 0 Å². The summed E-state index contributed by atoms with van der Waals surface area (Å²) in [5, 5.41) is 3.29. The van der Waals surface area contributed by atoms with E-state index in [9.17, 15) is 4.79 Å². The minimum Gasteiger partial charge on any atom is -0.493 e. The van der Waals surface area contributed by atoms with Gasteiger partial charge in [0.25, 0.3) is 5.91 Å². The molecule has 0 atom stereocenters. The Kier molecular flexibility index (Phi) is 5.94. The van der Waals surface area contributed by atoms with E-state index in [0.717, 1.165) is 55.2 Å². The number of anilines is 1. The molecule has 6 nitrogen and oxygen atoms in total. The van der Waals surface area contributed by atoms with Crippen molar-refractivity contribution in [3.63, 3.8) is 0 Å². The lowest BCUT2D eigenvalue weighted by atomic mass is 10.1. The maximum atomic E-state index is 12.5. The lowest BCUT2D eigenvalue weighted by Crippen LogP contribution is -2.27. The van der Waals surface area contributed by atoms with Crippen molar-refractivity contribution < 1.29 is 14.3 Å². The second-order valence-electron chi connectivity index (χ2n) is 6.30. The monoisotopic (exact) mass is 355 g/mol. The molecule has 26 heavy (non-hydrogen) atoms. The van der Waals surface area contributed by atoms with Gasteiger partial charge in [-0.3, -0.25) is 4.79 Å². The van der Waals surface area contributed by atoms with Gasteiger partial charge in [-0.15, -0.1) is 0 Å². The van der Waals surface area contributed by atoms with E-state index in [1.54, 1.807) is 26.5 Å². The maximum Gasteiger partial charge on any atom is 0.254 e. The van der Waals surface area contributed by atoms with Crippen molar-refractivity contribution in [2.75, 3.05) is 39.2 Å². The van der Waals surface area contributed by atoms with Crippen LogP contribution in [0, 0.1) is 0 Å². The Balaban J connectivity index is 1.58. The molecule has 0 aliphatic carbocycles. The zero-order valence-corrected chi connectivity index (χ0v) is 15.3. The topological polar surface area (TPSA) is 63.7 Å². The van der Waals surface area contributed by atoms with E-state index in [4.69, 9.17) is 9.47 Å². The number of benzene rings is 1. The average molecular weight is 355 g/mol. The van der Waals surface area contributed by atoms with E-state index in [2.05, 4.69) is 10.3 Å². The highest BCUT2D eigenvalue weighted by atomic mass is 16.5. The maximum absolute atomic E-state index is 12.5. The molecule has 3 rings (SSSR count). The molecule has 6 heteroatoms. The number of pyridine rings is 1. The Hall–Kier alpha value is -2.76. The zero-order valence-electron chi connectivity index (χ0n) is 15.3. The highest BCUT2D eigenvalue weighted by molar-refractivity contribution is 5.95. The SMILES string of the molecule is COc1ccc(CCNc2cc(C(=O)N3CCCC3)ccn2)cc1OC. The fourth-order valence-electron chi connectivity index (χ4n) is 3.13. The predicted molar refractivity (Wildman–Crippen MR) is 101 cm³/mol. The first kappa shape index (κ1) is 18.0. The number of methoxy groups -OCH3 is 2. The minimum atomic E-state index is 0.0906. The molecule has 1 aliphatic rings. The molecule has 1 aromatic heterocycles. The molecule has 1 fully saturated rings. The van der Waals surface area contributed by atoms with Crippen LogP contribution in [0.2, 0.25) is 0 Å². The highest BCUT2D eigenvalue weighted by Crippen LogP contribution is 2.27. The lowest BCUT2D eigenvalue weighted by Gasteiger charge is -2.15. The number of likely N-dealkylation sites (tertiary alicyclic amines) is 1. The smallest absolute Gasteiger partial charge is 0.254 e. The summed E-state index contributed by atoms with van der Waals surface area (Å²) in [5.74, 6) is 2.25. The van der Waals surface area contributed by atoms with E-state index in [0.29, 0.717) is 12.1 Å². The molecule has 1 aromatic carbocycles. The summed E-state index contributed by atoms with van der Waals surface area (Å²) in [6.45, 7) is 2.41. The van der Waals surface area contributed by atoms with E-state index in [1.165, 1.54) is 0 Å². The van der Waals surface area contributed by atoms with Crippen LogP contribution in [-0.2, 0) is 6.42 Å². The summed E-state index contributed by atoms with van der Waals surface area (Å²) >= 11 is 0. The molecule has 1 saturated heterocycles. The van der Waals surface area contributed by atoms with Crippen molar-refractivity contribution in [1.29, 1.82) is 0 Å². The van der Waals surface area contributed by atoms with Crippen LogP contribution < -0.4 is 14.8 Å². The van der Waals surface area contributed by atoms with Gasteiger partial charge in [-0.2, -0.15) is 0 Å². The molecule has 0 unspecified atom stereocenters. The summed E-state index contributed by atoms with van der Waals surface area (Å²) in [4.78, 5) is 18.7. The van der Waals surface area contributed by atoms with Crippen molar-refractivity contribution in [2.45, 2.75) is 19.3 Å². The Bertz CT molecular complexity index is 758. The number of rotatable bonds is 7. The van der Waals surface area contributed by atoms with Gasteiger partial charge < -0.3 is 19.7 Å². The van der Waals surface area contributed by atoms with Crippen LogP contribution in [0.15, 0.2) is 36.5 Å². The van der Waals surface area contributed by atoms with Crippen molar-refractivity contribution in [1.82, 2.24) is 9.88 Å². The number of carbonyl (C=O) groups excluding carboxylic acids is 1. The average Bonchev–Trinajstić information content (AvgIpc) is 3.22. The third kappa shape index (κ3) is 4.25. The van der Waals surface area contributed by atoms with Crippen molar-refractivity contribution in [3.05, 3.63) is 47.7 Å². The van der Waals surface area contributed by atoms with Gasteiger partial charge in [0.15, 0.2) is 11.5 Å². The number of amides is 1. The summed E-state index contributed by atoms with van der Waals surface area (Å²) in [6, 6.07) is 9.50. The molecule has 2 heterocycles. The summed E-state index contributed by atoms with van der Waals surface area (Å²) in [7, 11) is 3.26. The first-order valence-corrected chi connectivity index (χ1v) is 8.91. The number of carbonyl (C=O) groups is 1. The third-order valence-electron chi connectivity index (χ3n) is 4.57. The van der Waals surface area contributed by atoms with Crippen molar-refractivity contribution >= 4 is 11.7 Å². The molecule has 0 spiro atoms. The van der Waals surface area contributed by atoms with Crippen LogP contribution in [0.4, 0.5) is 5.82 Å². The van der Waals surface area contributed by atoms with Crippen molar-refractivity contribution in [2.24, 2.45) is 0 Å². The summed E-state index contributed by atoms with van der Waals surface area (Å²) in [6.07, 6.45) is 4.68. The van der Waals surface area contributed by atoms with E-state index < -0.39 is 0 Å². The quantitative estimate of drug-likeness (QED) is 0.827. The normalized spacial score (nSPS) is 13.5. The van der Waals surface area contributed by atoms with Gasteiger partial charge in [-0.05, 0) is 49.1 Å². The second-order valence-corrected chi connectivity index (χ2v) is 6.30. The van der Waals surface area contributed by atoms with Crippen LogP contribution in [-0.4, -0.2) is 49.6 Å². The van der Waals surface area contributed by atoms with E-state index in [1.807, 2.05) is 29.2 Å². The fraction of sp³-hybridized carbons (Fsp3) is 0.400. The summed E-state index contributed by atoms with van der Waals surface area (Å²) < 4.78 is 10.6. The van der Waals surface area contributed by atoms with Gasteiger partial charge in [0, 0.05) is 31.4 Å². The van der Waals surface area contributed by atoms with Crippen molar-refractivity contribution in [3.8, 4) is 11.5 Å². The number of nitrogens with zero attached hydrogens (tertiary/aromatic N) is 2. The zero-order chi connectivity index (χ0) is 18.4. The molecule has 2 aromatic rings. The predicted octanol–water partition coefficient (Wildman–Crippen LogP) is 2.99. The molecule has 138 valence electrons. The number of aromatic nitrogens is 1. The third-order valence-corrected chi connectivity index (χ3v) is 4.57. The fourth-order valence-corrected chi connectivity index (χ4v) is 3.13. The standard InChI is InChI=1S/C20H25N3O3/c1-25-17-6-5-15(13-18(17)26-2)7-9-21-19-14-16(8-10-22-19)20(24)23-11-3-4-12-23/h5-6,8,10,13-14H,3-4,7,9,11-12H2,1-2H3,(H,21,22). The largest absolute Gasteiger partial charge is 0.493 e. The van der Waals surface area contributed by atoms with Gasteiger partial charge in [0.05, 0.1) is 14.2 Å². The Morgan fingerprint density at radius 2 is 1.88 bits per heavy atom. The Morgan fingerprint density at radius 1 is 1.12 bits per heavy atom. The lowest BCUT2D eigenvalue weighted by molar-refractivity contribution is 0.0792. The molecular weight excluding hydrogens is 330 g/mol. The molecule has 0 saturated carbocycles. The molecule has 1 amide bonds. The van der Waals surface area contributed by atoms with Crippen LogP contribution in [0.1, 0.15) is 28.8 Å². The minimum absolute atomic E-state index is 0.0906. The number of hydrogen-bond donors (Lipinski definition) is 1. The molecular formula is C20H25N3O3. The molecule has 0 bridgehead atoms. The molecule has 0 radical (unpaired) electrons. The van der Waals surface area contributed by atoms with Crippen LogP contribution in [0.3, 0.4) is 0 Å². The van der Waals surface area contributed by atoms with Crippen LogP contribution >= 0.6 is 0 Å². The highest BCUT2D eigenvalue weighted by Gasteiger charge is 2.19. The molecule has 1 N–H and O–H groups in total. The Morgan fingerprint density at radius 3 is 2.62 bits per heavy atom. The number of hydrogen-bond acceptors (Lipinski definition) is 5. The molecule has 1 aliphatic heterocycles. The first-order valence-electron chi connectivity index (χ1n) is 8.91. The van der Waals surface area contributed by atoms with E-state index in [-0.39, 0.29) is 5.91 Å². The van der Waals surface area contributed by atoms with Gasteiger partial charge in [-0.1, -0.05) is 6.07 Å². The van der Waals surface area contributed by atoms with E-state index >= 15 is 0 Å². The van der Waals surface area contributed by atoms with Crippen LogP contribution in [0.5, 0.6) is 11.5 Å². The number of ether oxygens (including phenoxy) is 2. The summed E-state index contributed by atoms with van der Waals surface area (Å²) in [5.41, 5.74) is 1.83. The van der Waals surface area contributed by atoms with Crippen LogP contribution in [0.25, 0.3) is 0 Å². The van der Waals surface area contributed by atoms with Gasteiger partial charge >= 0.3 is 0 Å². The second kappa shape index (κ2) is 8.56. The Labute approximate surface area is 154 Å². The first-order chi connectivity index (χ1) is 12.7. The van der Waals surface area contributed by atoms with Gasteiger partial charge in [0.1, 0.15) is 5.82 Å².